The molecule has 4 heteroatoms. The average Bonchev–Trinajstić information content (AvgIpc) is 2.43. The highest BCUT2D eigenvalue weighted by molar-refractivity contribution is 6.30. The number of nitrogens with zero attached hydrogens (tertiary/aromatic N) is 2. The summed E-state index contributed by atoms with van der Waals surface area (Å²) < 4.78 is 0. The molecule has 0 saturated carbocycles. The van der Waals surface area contributed by atoms with E-state index in [1.54, 1.807) is 0 Å². The van der Waals surface area contributed by atoms with Crippen LogP contribution in [0, 0.1) is 6.92 Å². The van der Waals surface area contributed by atoms with Gasteiger partial charge in [-0.3, -0.25) is 0 Å². The van der Waals surface area contributed by atoms with Gasteiger partial charge in [-0.05, 0) is 19.4 Å². The summed E-state index contributed by atoms with van der Waals surface area (Å²) in [7, 11) is 0. The van der Waals surface area contributed by atoms with Crippen LogP contribution in [0.2, 0.25) is 5.15 Å². The molecule has 112 valence electrons. The van der Waals surface area contributed by atoms with Crippen LogP contribution in [0.4, 0.5) is 5.82 Å². The molecular formula is C17H22ClN3. The fourth-order valence-electron chi connectivity index (χ4n) is 2.00. The SMILES string of the molecule is Cc1c(Cl)nc(C(C)(C)C)nc1NC(C)c1ccccc1. The summed E-state index contributed by atoms with van der Waals surface area (Å²) in [5.41, 5.74) is 1.96. The zero-order valence-electron chi connectivity index (χ0n) is 13.2. The lowest BCUT2D eigenvalue weighted by molar-refractivity contribution is 0.545. The van der Waals surface area contributed by atoms with Gasteiger partial charge in [0.15, 0.2) is 0 Å². The van der Waals surface area contributed by atoms with Gasteiger partial charge in [0.05, 0.1) is 0 Å². The minimum atomic E-state index is -0.135. The Morgan fingerprint density at radius 3 is 2.29 bits per heavy atom. The van der Waals surface area contributed by atoms with Crippen molar-refractivity contribution in [2.24, 2.45) is 0 Å². The Bertz CT molecular complexity index is 618. The van der Waals surface area contributed by atoms with Crippen molar-refractivity contribution >= 4 is 17.4 Å². The van der Waals surface area contributed by atoms with Gasteiger partial charge in [-0.2, -0.15) is 0 Å². The number of aromatic nitrogens is 2. The molecule has 21 heavy (non-hydrogen) atoms. The smallest absolute Gasteiger partial charge is 0.137 e. The summed E-state index contributed by atoms with van der Waals surface area (Å²) in [4.78, 5) is 9.06. The summed E-state index contributed by atoms with van der Waals surface area (Å²) in [6.45, 7) is 10.3. The molecule has 0 saturated heterocycles. The molecule has 3 nitrogen and oxygen atoms in total. The molecule has 1 heterocycles. The molecule has 0 amide bonds. The predicted octanol–water partition coefficient (Wildman–Crippen LogP) is 4.91. The van der Waals surface area contributed by atoms with Gasteiger partial charge in [-0.25, -0.2) is 9.97 Å². The molecular weight excluding hydrogens is 282 g/mol. The monoisotopic (exact) mass is 303 g/mol. The van der Waals surface area contributed by atoms with Crippen LogP contribution in [0.15, 0.2) is 30.3 Å². The van der Waals surface area contributed by atoms with Crippen LogP contribution < -0.4 is 5.32 Å². The van der Waals surface area contributed by atoms with Crippen molar-refractivity contribution in [3.05, 3.63) is 52.4 Å². The van der Waals surface area contributed by atoms with Crippen LogP contribution in [0.1, 0.15) is 50.7 Å². The first-order valence-corrected chi connectivity index (χ1v) is 7.53. The summed E-state index contributed by atoms with van der Waals surface area (Å²) in [6, 6.07) is 10.4. The molecule has 0 radical (unpaired) electrons. The summed E-state index contributed by atoms with van der Waals surface area (Å²) in [5, 5.41) is 3.96. The highest BCUT2D eigenvalue weighted by Crippen LogP contribution is 2.28. The third kappa shape index (κ3) is 3.73. The van der Waals surface area contributed by atoms with Gasteiger partial charge in [0, 0.05) is 17.0 Å². The lowest BCUT2D eigenvalue weighted by Crippen LogP contribution is -2.19. The topological polar surface area (TPSA) is 37.8 Å². The van der Waals surface area contributed by atoms with E-state index in [9.17, 15) is 0 Å². The van der Waals surface area contributed by atoms with Crippen molar-refractivity contribution in [2.45, 2.75) is 46.1 Å². The Balaban J connectivity index is 2.33. The third-order valence-corrected chi connectivity index (χ3v) is 3.78. The molecule has 1 atom stereocenters. The Hall–Kier alpha value is -1.61. The Morgan fingerprint density at radius 1 is 1.10 bits per heavy atom. The lowest BCUT2D eigenvalue weighted by Gasteiger charge is -2.21. The Morgan fingerprint density at radius 2 is 1.71 bits per heavy atom. The minimum absolute atomic E-state index is 0.135. The van der Waals surface area contributed by atoms with Crippen LogP contribution in [-0.2, 0) is 5.41 Å². The number of halogens is 1. The molecule has 0 aliphatic rings. The number of rotatable bonds is 3. The van der Waals surface area contributed by atoms with Crippen LogP contribution in [0.25, 0.3) is 0 Å². The van der Waals surface area contributed by atoms with Crippen molar-refractivity contribution in [2.75, 3.05) is 5.32 Å². The number of anilines is 1. The second-order valence-corrected chi connectivity index (χ2v) is 6.70. The number of hydrogen-bond donors (Lipinski definition) is 1. The van der Waals surface area contributed by atoms with E-state index in [4.69, 9.17) is 11.6 Å². The maximum absolute atomic E-state index is 6.26. The summed E-state index contributed by atoms with van der Waals surface area (Å²) >= 11 is 6.26. The molecule has 1 aromatic heterocycles. The van der Waals surface area contributed by atoms with Crippen LogP contribution in [0.3, 0.4) is 0 Å². The van der Waals surface area contributed by atoms with E-state index in [1.807, 2.05) is 25.1 Å². The molecule has 0 aliphatic heterocycles. The van der Waals surface area contributed by atoms with Crippen molar-refractivity contribution < 1.29 is 0 Å². The third-order valence-electron chi connectivity index (χ3n) is 3.41. The Kier molecular flexibility index (Phi) is 4.52. The van der Waals surface area contributed by atoms with Gasteiger partial charge in [-0.15, -0.1) is 0 Å². The molecule has 2 aromatic rings. The number of benzene rings is 1. The van der Waals surface area contributed by atoms with E-state index in [2.05, 4.69) is 55.1 Å². The summed E-state index contributed by atoms with van der Waals surface area (Å²) in [6.07, 6.45) is 0. The largest absolute Gasteiger partial charge is 0.363 e. The van der Waals surface area contributed by atoms with Gasteiger partial charge in [-0.1, -0.05) is 62.7 Å². The van der Waals surface area contributed by atoms with E-state index < -0.39 is 0 Å². The van der Waals surface area contributed by atoms with Crippen LogP contribution in [0.5, 0.6) is 0 Å². The first-order chi connectivity index (χ1) is 9.79. The maximum atomic E-state index is 6.26. The van der Waals surface area contributed by atoms with Gasteiger partial charge >= 0.3 is 0 Å². The molecule has 1 N–H and O–H groups in total. The van der Waals surface area contributed by atoms with E-state index in [1.165, 1.54) is 5.56 Å². The Labute approximate surface area is 131 Å². The summed E-state index contributed by atoms with van der Waals surface area (Å²) in [5.74, 6) is 1.55. The van der Waals surface area contributed by atoms with E-state index in [0.717, 1.165) is 17.2 Å². The van der Waals surface area contributed by atoms with Crippen molar-refractivity contribution in [3.8, 4) is 0 Å². The first-order valence-electron chi connectivity index (χ1n) is 7.15. The van der Waals surface area contributed by atoms with Crippen LogP contribution >= 0.6 is 11.6 Å². The highest BCUT2D eigenvalue weighted by Gasteiger charge is 2.21. The minimum Gasteiger partial charge on any atom is -0.363 e. The first kappa shape index (κ1) is 15.8. The molecule has 1 unspecified atom stereocenters. The highest BCUT2D eigenvalue weighted by atomic mass is 35.5. The van der Waals surface area contributed by atoms with E-state index >= 15 is 0 Å². The van der Waals surface area contributed by atoms with E-state index in [0.29, 0.717) is 5.15 Å². The predicted molar refractivity (Wildman–Crippen MR) is 89.0 cm³/mol. The van der Waals surface area contributed by atoms with Crippen LogP contribution in [-0.4, -0.2) is 9.97 Å². The van der Waals surface area contributed by atoms with E-state index in [-0.39, 0.29) is 11.5 Å². The molecule has 0 bridgehead atoms. The van der Waals surface area contributed by atoms with Crippen molar-refractivity contribution in [3.63, 3.8) is 0 Å². The molecule has 0 fully saturated rings. The average molecular weight is 304 g/mol. The second kappa shape index (κ2) is 6.02. The normalized spacial score (nSPS) is 13.0. The second-order valence-electron chi connectivity index (χ2n) is 6.34. The maximum Gasteiger partial charge on any atom is 0.137 e. The number of nitrogens with one attached hydrogen (secondary N) is 1. The van der Waals surface area contributed by atoms with Gasteiger partial charge in [0.25, 0.3) is 0 Å². The van der Waals surface area contributed by atoms with Gasteiger partial charge in [0.1, 0.15) is 16.8 Å². The quantitative estimate of drug-likeness (QED) is 0.819. The molecule has 0 spiro atoms. The zero-order chi connectivity index (χ0) is 15.6. The standard InChI is InChI=1S/C17H22ClN3/c1-11-14(18)20-16(17(3,4)5)21-15(11)19-12(2)13-9-7-6-8-10-13/h6-10,12H,1-5H3,(H,19,20,21). The molecule has 0 aliphatic carbocycles. The number of hydrogen-bond acceptors (Lipinski definition) is 3. The fraction of sp³-hybridized carbons (Fsp3) is 0.412. The lowest BCUT2D eigenvalue weighted by atomic mass is 9.95. The van der Waals surface area contributed by atoms with Crippen molar-refractivity contribution in [1.82, 2.24) is 9.97 Å². The van der Waals surface area contributed by atoms with Gasteiger partial charge < -0.3 is 5.32 Å². The van der Waals surface area contributed by atoms with Gasteiger partial charge in [0.2, 0.25) is 0 Å². The van der Waals surface area contributed by atoms with Crippen molar-refractivity contribution in [1.29, 1.82) is 0 Å². The molecule has 1 aromatic carbocycles. The zero-order valence-corrected chi connectivity index (χ0v) is 14.0. The fourth-order valence-corrected chi connectivity index (χ4v) is 2.16. The molecule has 2 rings (SSSR count).